The van der Waals surface area contributed by atoms with E-state index in [1.807, 2.05) is 13.8 Å². The maximum Gasteiger partial charge on any atom is 0.303 e. The lowest BCUT2D eigenvalue weighted by Gasteiger charge is -2.13. The maximum absolute atomic E-state index is 12.1. The molecule has 0 amide bonds. The van der Waals surface area contributed by atoms with Gasteiger partial charge in [-0.25, -0.2) is 13.1 Å². The fourth-order valence-corrected chi connectivity index (χ4v) is 3.08. The number of hydrogen-bond donors (Lipinski definition) is 4. The van der Waals surface area contributed by atoms with Crippen molar-refractivity contribution in [3.63, 3.8) is 0 Å². The molecule has 1 rings (SSSR count). The van der Waals surface area contributed by atoms with Crippen LogP contribution in [-0.4, -0.2) is 32.0 Å². The first-order chi connectivity index (χ1) is 11.2. The zero-order valence-electron chi connectivity index (χ0n) is 14.0. The van der Waals surface area contributed by atoms with E-state index in [9.17, 15) is 13.2 Å². The molecule has 0 aromatic heterocycles. The Balaban J connectivity index is 2.33. The third kappa shape index (κ3) is 7.45. The standard InChI is InChI=1S/C16H25N3O4S/c1-12(7-10-15(20)21)4-3-11-18-16(17)19-24(22,23)14-8-5-13(2)6-9-14/h5-6,8-9,12H,3-4,7,10-11H2,1-2H3,(H,20,21)(H3,17,18,19)/t12-/m0/s1. The summed E-state index contributed by atoms with van der Waals surface area (Å²) in [6.45, 7) is 4.30. The van der Waals surface area contributed by atoms with E-state index in [0.29, 0.717) is 13.0 Å². The van der Waals surface area contributed by atoms with Crippen LogP contribution in [0.2, 0.25) is 0 Å². The van der Waals surface area contributed by atoms with Gasteiger partial charge in [-0.05, 0) is 44.2 Å². The molecule has 0 aliphatic carbocycles. The molecule has 24 heavy (non-hydrogen) atoms. The van der Waals surface area contributed by atoms with E-state index >= 15 is 0 Å². The molecule has 0 unspecified atom stereocenters. The Morgan fingerprint density at radius 3 is 2.46 bits per heavy atom. The Labute approximate surface area is 143 Å². The van der Waals surface area contributed by atoms with Crippen LogP contribution in [0.4, 0.5) is 0 Å². The molecular weight excluding hydrogens is 330 g/mol. The third-order valence-electron chi connectivity index (χ3n) is 3.59. The van der Waals surface area contributed by atoms with Crippen LogP contribution in [0, 0.1) is 18.3 Å². The molecule has 1 atom stereocenters. The van der Waals surface area contributed by atoms with E-state index in [-0.39, 0.29) is 23.2 Å². The topological polar surface area (TPSA) is 119 Å². The van der Waals surface area contributed by atoms with Crippen LogP contribution in [-0.2, 0) is 14.8 Å². The van der Waals surface area contributed by atoms with Crippen molar-refractivity contribution in [2.45, 2.75) is 44.4 Å². The first-order valence-electron chi connectivity index (χ1n) is 7.84. The van der Waals surface area contributed by atoms with Gasteiger partial charge in [-0.3, -0.25) is 10.2 Å². The number of benzene rings is 1. The molecule has 7 nitrogen and oxygen atoms in total. The van der Waals surface area contributed by atoms with Crippen molar-refractivity contribution in [1.29, 1.82) is 5.41 Å². The number of guanidine groups is 1. The van der Waals surface area contributed by atoms with Gasteiger partial charge >= 0.3 is 5.97 Å². The molecule has 0 aliphatic heterocycles. The molecule has 0 spiro atoms. The van der Waals surface area contributed by atoms with Crippen molar-refractivity contribution in [1.82, 2.24) is 10.0 Å². The van der Waals surface area contributed by atoms with Gasteiger partial charge in [0, 0.05) is 13.0 Å². The highest BCUT2D eigenvalue weighted by Crippen LogP contribution is 2.12. The van der Waals surface area contributed by atoms with Crippen LogP contribution in [0.5, 0.6) is 0 Å². The molecular formula is C16H25N3O4S. The molecule has 0 saturated carbocycles. The van der Waals surface area contributed by atoms with Crippen molar-refractivity contribution in [3.8, 4) is 0 Å². The van der Waals surface area contributed by atoms with Gasteiger partial charge in [-0.15, -0.1) is 0 Å². The molecule has 134 valence electrons. The number of carbonyl (C=O) groups is 1. The molecule has 0 radical (unpaired) electrons. The van der Waals surface area contributed by atoms with E-state index < -0.39 is 16.0 Å². The first kappa shape index (κ1) is 20.0. The first-order valence-corrected chi connectivity index (χ1v) is 9.32. The van der Waals surface area contributed by atoms with Gasteiger partial charge in [0.15, 0.2) is 0 Å². The quantitative estimate of drug-likeness (QED) is 0.307. The smallest absolute Gasteiger partial charge is 0.303 e. The summed E-state index contributed by atoms with van der Waals surface area (Å²) in [6.07, 6.45) is 2.32. The lowest BCUT2D eigenvalue weighted by Crippen LogP contribution is -2.40. The van der Waals surface area contributed by atoms with Crippen LogP contribution >= 0.6 is 0 Å². The Bertz CT molecular complexity index is 656. The number of nitrogens with one attached hydrogen (secondary N) is 3. The minimum Gasteiger partial charge on any atom is -0.481 e. The second kappa shape index (κ2) is 9.27. The number of aliphatic carboxylic acids is 1. The molecule has 0 bridgehead atoms. The molecule has 1 aromatic carbocycles. The van der Waals surface area contributed by atoms with E-state index in [1.165, 1.54) is 12.1 Å². The average molecular weight is 355 g/mol. The van der Waals surface area contributed by atoms with Gasteiger partial charge in [0.2, 0.25) is 5.96 Å². The fraction of sp³-hybridized carbons (Fsp3) is 0.500. The monoisotopic (exact) mass is 355 g/mol. The molecule has 0 aliphatic rings. The lowest BCUT2D eigenvalue weighted by molar-refractivity contribution is -0.137. The summed E-state index contributed by atoms with van der Waals surface area (Å²) in [5.41, 5.74) is 0.958. The van der Waals surface area contributed by atoms with Gasteiger partial charge in [-0.2, -0.15) is 0 Å². The summed E-state index contributed by atoms with van der Waals surface area (Å²) in [4.78, 5) is 10.6. The highest BCUT2D eigenvalue weighted by atomic mass is 32.2. The van der Waals surface area contributed by atoms with Gasteiger partial charge in [0.25, 0.3) is 10.0 Å². The fourth-order valence-electron chi connectivity index (χ4n) is 2.12. The second-order valence-corrected chi connectivity index (χ2v) is 7.58. The lowest BCUT2D eigenvalue weighted by atomic mass is 10.00. The zero-order valence-corrected chi connectivity index (χ0v) is 14.8. The van der Waals surface area contributed by atoms with E-state index in [1.54, 1.807) is 12.1 Å². The Morgan fingerprint density at radius 1 is 1.25 bits per heavy atom. The molecule has 0 fully saturated rings. The number of rotatable bonds is 9. The van der Waals surface area contributed by atoms with Crippen molar-refractivity contribution >= 4 is 22.0 Å². The predicted molar refractivity (Wildman–Crippen MR) is 92.5 cm³/mol. The average Bonchev–Trinajstić information content (AvgIpc) is 2.49. The van der Waals surface area contributed by atoms with E-state index in [4.69, 9.17) is 10.5 Å². The Kier molecular flexibility index (Phi) is 7.70. The van der Waals surface area contributed by atoms with Crippen molar-refractivity contribution in [3.05, 3.63) is 29.8 Å². The third-order valence-corrected chi connectivity index (χ3v) is 4.96. The van der Waals surface area contributed by atoms with Gasteiger partial charge in [0.1, 0.15) is 0 Å². The number of sulfonamides is 1. The molecule has 4 N–H and O–H groups in total. The Hall–Kier alpha value is -2.09. The number of carboxylic acids is 1. The highest BCUT2D eigenvalue weighted by Gasteiger charge is 2.15. The molecule has 0 saturated heterocycles. The maximum atomic E-state index is 12.1. The predicted octanol–water partition coefficient (Wildman–Crippen LogP) is 2.08. The molecule has 0 heterocycles. The SMILES string of the molecule is Cc1ccc(S(=O)(=O)NC(=N)NCCC[C@H](C)CCC(=O)O)cc1. The van der Waals surface area contributed by atoms with Crippen LogP contribution in [0.25, 0.3) is 0 Å². The summed E-state index contributed by atoms with van der Waals surface area (Å²) >= 11 is 0. The number of hydrogen-bond acceptors (Lipinski definition) is 4. The molecule has 8 heteroatoms. The van der Waals surface area contributed by atoms with Gasteiger partial charge in [0.05, 0.1) is 4.90 Å². The highest BCUT2D eigenvalue weighted by molar-refractivity contribution is 7.90. The van der Waals surface area contributed by atoms with Gasteiger partial charge < -0.3 is 10.4 Å². The minimum absolute atomic E-state index is 0.113. The van der Waals surface area contributed by atoms with Gasteiger partial charge in [-0.1, -0.05) is 24.6 Å². The van der Waals surface area contributed by atoms with E-state index in [0.717, 1.165) is 18.4 Å². The van der Waals surface area contributed by atoms with Crippen molar-refractivity contribution in [2.24, 2.45) is 5.92 Å². The van der Waals surface area contributed by atoms with Crippen LogP contribution in [0.1, 0.15) is 38.2 Å². The minimum atomic E-state index is -3.75. The summed E-state index contributed by atoms with van der Waals surface area (Å²) in [5, 5.41) is 19.0. The summed E-state index contributed by atoms with van der Waals surface area (Å²) in [6, 6.07) is 6.39. The Morgan fingerprint density at radius 2 is 1.88 bits per heavy atom. The van der Waals surface area contributed by atoms with Crippen LogP contribution < -0.4 is 10.0 Å². The van der Waals surface area contributed by atoms with Crippen molar-refractivity contribution in [2.75, 3.05) is 6.54 Å². The van der Waals surface area contributed by atoms with Crippen molar-refractivity contribution < 1.29 is 18.3 Å². The number of carboxylic acid groups (broad SMARTS) is 1. The normalized spacial score (nSPS) is 12.4. The van der Waals surface area contributed by atoms with E-state index in [2.05, 4.69) is 10.0 Å². The summed E-state index contributed by atoms with van der Waals surface area (Å²) in [5.74, 6) is -0.789. The number of aryl methyl sites for hydroxylation is 1. The largest absolute Gasteiger partial charge is 0.481 e. The molecule has 1 aromatic rings. The van der Waals surface area contributed by atoms with Crippen LogP contribution in [0.15, 0.2) is 29.2 Å². The zero-order chi connectivity index (χ0) is 18.2. The summed E-state index contributed by atoms with van der Waals surface area (Å²) < 4.78 is 26.4. The van der Waals surface area contributed by atoms with Crippen LogP contribution in [0.3, 0.4) is 0 Å². The summed E-state index contributed by atoms with van der Waals surface area (Å²) in [7, 11) is -3.75. The second-order valence-electron chi connectivity index (χ2n) is 5.90.